The van der Waals surface area contributed by atoms with E-state index in [2.05, 4.69) is 21.4 Å². The van der Waals surface area contributed by atoms with Gasteiger partial charge in [0.1, 0.15) is 5.82 Å². The zero-order valence-electron chi connectivity index (χ0n) is 13.5. The number of aromatic nitrogens is 3. The first kappa shape index (κ1) is 15.6. The summed E-state index contributed by atoms with van der Waals surface area (Å²) >= 11 is 6.21. The highest BCUT2D eigenvalue weighted by Crippen LogP contribution is 2.43. The summed E-state index contributed by atoms with van der Waals surface area (Å²) in [5, 5.41) is 13.4. The van der Waals surface area contributed by atoms with Gasteiger partial charge in [0, 0.05) is 18.6 Å². The van der Waals surface area contributed by atoms with Crippen LogP contribution in [0.15, 0.2) is 35.3 Å². The smallest absolute Gasteiger partial charge is 0.354 e. The van der Waals surface area contributed by atoms with Crippen molar-refractivity contribution in [3.05, 3.63) is 57.2 Å². The van der Waals surface area contributed by atoms with Crippen LogP contribution in [0.3, 0.4) is 0 Å². The van der Waals surface area contributed by atoms with Crippen LogP contribution in [0.25, 0.3) is 16.6 Å². The fraction of sp³-hybridized carbons (Fsp3) is 0.222. The molecule has 0 radical (unpaired) electrons. The van der Waals surface area contributed by atoms with Gasteiger partial charge in [-0.3, -0.25) is 4.57 Å². The molecule has 0 saturated heterocycles. The van der Waals surface area contributed by atoms with E-state index in [0.717, 1.165) is 18.4 Å². The van der Waals surface area contributed by atoms with Crippen LogP contribution < -0.4 is 11.0 Å². The number of benzene rings is 1. The second kappa shape index (κ2) is 5.87. The van der Waals surface area contributed by atoms with Gasteiger partial charge in [0.15, 0.2) is 5.15 Å². The van der Waals surface area contributed by atoms with Crippen molar-refractivity contribution in [2.75, 3.05) is 12.4 Å². The third-order valence-electron chi connectivity index (χ3n) is 4.42. The summed E-state index contributed by atoms with van der Waals surface area (Å²) in [5.41, 5.74) is 2.28. The standard InChI is InChI=1S/C18H14ClN5O/c1-21-17-13-7-11(9-20)12(10-4-5-10)8-15(13)24(18(25)23-17)14-3-2-6-22-16(14)19/h2-3,6-8,10H,4-5H2,1H3,(H,21,23,25). The van der Waals surface area contributed by atoms with Crippen molar-refractivity contribution >= 4 is 28.3 Å². The maximum atomic E-state index is 12.7. The van der Waals surface area contributed by atoms with Crippen molar-refractivity contribution in [1.82, 2.24) is 14.5 Å². The highest BCUT2D eigenvalue weighted by atomic mass is 35.5. The third kappa shape index (κ3) is 2.53. The summed E-state index contributed by atoms with van der Waals surface area (Å²) in [7, 11) is 1.70. The topological polar surface area (TPSA) is 83.6 Å². The number of nitrogens with one attached hydrogen (secondary N) is 1. The molecule has 1 aromatic carbocycles. The number of halogens is 1. The molecule has 0 bridgehead atoms. The number of anilines is 1. The summed E-state index contributed by atoms with van der Waals surface area (Å²) in [4.78, 5) is 20.8. The van der Waals surface area contributed by atoms with Gasteiger partial charge in [-0.1, -0.05) is 11.6 Å². The van der Waals surface area contributed by atoms with Crippen molar-refractivity contribution in [3.63, 3.8) is 0 Å². The van der Waals surface area contributed by atoms with Crippen LogP contribution in [0, 0.1) is 11.3 Å². The average Bonchev–Trinajstić information content (AvgIpc) is 3.46. The number of nitriles is 1. The number of fused-ring (bicyclic) bond motifs is 1. The molecule has 0 unspecified atom stereocenters. The molecule has 1 aliphatic rings. The molecule has 1 N–H and O–H groups in total. The average molecular weight is 352 g/mol. The summed E-state index contributed by atoms with van der Waals surface area (Å²) in [6.07, 6.45) is 3.68. The number of rotatable bonds is 3. The van der Waals surface area contributed by atoms with Crippen LogP contribution in [0.4, 0.5) is 5.82 Å². The molecule has 0 spiro atoms. The van der Waals surface area contributed by atoms with Crippen molar-refractivity contribution in [2.24, 2.45) is 0 Å². The van der Waals surface area contributed by atoms with Gasteiger partial charge in [0.25, 0.3) is 0 Å². The predicted molar refractivity (Wildman–Crippen MR) is 96.4 cm³/mol. The minimum Gasteiger partial charge on any atom is -0.372 e. The van der Waals surface area contributed by atoms with E-state index in [4.69, 9.17) is 11.6 Å². The summed E-state index contributed by atoms with van der Waals surface area (Å²) in [6, 6.07) is 9.42. The zero-order valence-corrected chi connectivity index (χ0v) is 14.2. The zero-order chi connectivity index (χ0) is 17.6. The second-order valence-electron chi connectivity index (χ2n) is 5.98. The summed E-state index contributed by atoms with van der Waals surface area (Å²) in [6.45, 7) is 0. The molecular formula is C18H14ClN5O. The Balaban J connectivity index is 2.14. The van der Waals surface area contributed by atoms with Gasteiger partial charge in [0.2, 0.25) is 0 Å². The molecular weight excluding hydrogens is 338 g/mol. The Bertz CT molecular complexity index is 1100. The Labute approximate surface area is 148 Å². The minimum absolute atomic E-state index is 0.224. The molecule has 6 nitrogen and oxygen atoms in total. The lowest BCUT2D eigenvalue weighted by atomic mass is 10.0. The normalized spacial score (nSPS) is 13.6. The van der Waals surface area contributed by atoms with Gasteiger partial charge in [-0.15, -0.1) is 0 Å². The Kier molecular flexibility index (Phi) is 3.66. The van der Waals surface area contributed by atoms with Crippen LogP contribution in [-0.2, 0) is 0 Å². The van der Waals surface area contributed by atoms with Gasteiger partial charge in [-0.2, -0.15) is 10.2 Å². The molecule has 0 atom stereocenters. The van der Waals surface area contributed by atoms with Crippen molar-refractivity contribution in [2.45, 2.75) is 18.8 Å². The van der Waals surface area contributed by atoms with E-state index in [1.165, 1.54) is 4.57 Å². The second-order valence-corrected chi connectivity index (χ2v) is 6.34. The van der Waals surface area contributed by atoms with E-state index in [1.807, 2.05) is 6.07 Å². The number of pyridine rings is 1. The van der Waals surface area contributed by atoms with E-state index in [1.54, 1.807) is 31.4 Å². The molecule has 0 amide bonds. The Morgan fingerprint density at radius 1 is 1.40 bits per heavy atom. The Morgan fingerprint density at radius 2 is 2.20 bits per heavy atom. The quantitative estimate of drug-likeness (QED) is 0.732. The Morgan fingerprint density at radius 3 is 2.84 bits per heavy atom. The van der Waals surface area contributed by atoms with Crippen molar-refractivity contribution in [3.8, 4) is 11.8 Å². The first-order valence-corrected chi connectivity index (χ1v) is 8.31. The molecule has 2 heterocycles. The van der Waals surface area contributed by atoms with Gasteiger partial charge < -0.3 is 5.32 Å². The van der Waals surface area contributed by atoms with Gasteiger partial charge in [-0.25, -0.2) is 9.78 Å². The van der Waals surface area contributed by atoms with Crippen LogP contribution >= 0.6 is 11.6 Å². The maximum absolute atomic E-state index is 12.7. The van der Waals surface area contributed by atoms with E-state index in [0.29, 0.717) is 33.9 Å². The lowest BCUT2D eigenvalue weighted by Crippen LogP contribution is -2.23. The molecule has 1 aliphatic carbocycles. The SMILES string of the molecule is CNc1nc(=O)n(-c2cccnc2Cl)c2cc(C3CC3)c(C#N)cc12. The first-order valence-electron chi connectivity index (χ1n) is 7.93. The fourth-order valence-corrected chi connectivity index (χ4v) is 3.29. The van der Waals surface area contributed by atoms with Crippen molar-refractivity contribution < 1.29 is 0 Å². The van der Waals surface area contributed by atoms with Gasteiger partial charge in [-0.05, 0) is 48.6 Å². The van der Waals surface area contributed by atoms with Crippen molar-refractivity contribution in [1.29, 1.82) is 5.26 Å². The number of nitrogens with zero attached hydrogens (tertiary/aromatic N) is 4. The van der Waals surface area contributed by atoms with E-state index < -0.39 is 5.69 Å². The Hall–Kier alpha value is -2.91. The molecule has 4 rings (SSSR count). The molecule has 1 fully saturated rings. The van der Waals surface area contributed by atoms with Crippen LogP contribution in [-0.4, -0.2) is 21.6 Å². The minimum atomic E-state index is -0.446. The van der Waals surface area contributed by atoms with Gasteiger partial charge in [0.05, 0.1) is 22.8 Å². The highest BCUT2D eigenvalue weighted by Gasteiger charge is 2.28. The summed E-state index contributed by atoms with van der Waals surface area (Å²) in [5.74, 6) is 0.813. The monoisotopic (exact) mass is 351 g/mol. The maximum Gasteiger partial charge on any atom is 0.354 e. The van der Waals surface area contributed by atoms with Crippen LogP contribution in [0.1, 0.15) is 29.9 Å². The number of hydrogen-bond acceptors (Lipinski definition) is 5. The molecule has 124 valence electrons. The van der Waals surface area contributed by atoms with Crippen LogP contribution in [0.2, 0.25) is 5.15 Å². The van der Waals surface area contributed by atoms with E-state index in [9.17, 15) is 10.1 Å². The third-order valence-corrected chi connectivity index (χ3v) is 4.71. The molecule has 7 heteroatoms. The van der Waals surface area contributed by atoms with Crippen LogP contribution in [0.5, 0.6) is 0 Å². The highest BCUT2D eigenvalue weighted by molar-refractivity contribution is 6.31. The fourth-order valence-electron chi connectivity index (χ4n) is 3.08. The lowest BCUT2D eigenvalue weighted by molar-refractivity contribution is 0.949. The van der Waals surface area contributed by atoms with E-state index >= 15 is 0 Å². The largest absolute Gasteiger partial charge is 0.372 e. The molecule has 3 aromatic rings. The first-order chi connectivity index (χ1) is 12.1. The molecule has 1 saturated carbocycles. The molecule has 2 aromatic heterocycles. The summed E-state index contributed by atoms with van der Waals surface area (Å²) < 4.78 is 1.46. The molecule has 25 heavy (non-hydrogen) atoms. The van der Waals surface area contributed by atoms with E-state index in [-0.39, 0.29) is 5.15 Å². The number of hydrogen-bond donors (Lipinski definition) is 1. The predicted octanol–water partition coefficient (Wildman–Crippen LogP) is 3.22. The molecule has 0 aliphatic heterocycles. The van der Waals surface area contributed by atoms with Gasteiger partial charge >= 0.3 is 5.69 Å². The lowest BCUT2D eigenvalue weighted by Gasteiger charge is -2.15.